The molecule has 2 heterocycles. The van der Waals surface area contributed by atoms with Crippen molar-refractivity contribution < 1.29 is 13.9 Å². The molecule has 1 saturated carbocycles. The molecular weight excluding hydrogens is 379 g/mol. The Hall–Kier alpha value is -2.87. The SMILES string of the molecule is COc1cccc(F)c1-c1cc(C)ncc1C(=O)Nc1nnc([C@H]2C[C@@H]2C)s1. The maximum absolute atomic E-state index is 14.6. The minimum atomic E-state index is -0.472. The van der Waals surface area contributed by atoms with Crippen LogP contribution in [0.2, 0.25) is 0 Å². The van der Waals surface area contributed by atoms with Crippen molar-refractivity contribution in [2.24, 2.45) is 5.92 Å². The van der Waals surface area contributed by atoms with Crippen LogP contribution in [-0.4, -0.2) is 28.2 Å². The molecule has 0 aliphatic heterocycles. The molecule has 2 aromatic heterocycles. The van der Waals surface area contributed by atoms with Gasteiger partial charge < -0.3 is 4.74 Å². The van der Waals surface area contributed by atoms with E-state index in [2.05, 4.69) is 27.4 Å². The summed E-state index contributed by atoms with van der Waals surface area (Å²) in [6, 6.07) is 6.23. The third kappa shape index (κ3) is 3.47. The highest BCUT2D eigenvalue weighted by molar-refractivity contribution is 7.15. The number of benzene rings is 1. The molecule has 1 aliphatic rings. The maximum Gasteiger partial charge on any atom is 0.259 e. The van der Waals surface area contributed by atoms with Crippen LogP contribution in [0.5, 0.6) is 5.75 Å². The molecule has 0 unspecified atom stereocenters. The van der Waals surface area contributed by atoms with Gasteiger partial charge in [-0.15, -0.1) is 10.2 Å². The summed E-state index contributed by atoms with van der Waals surface area (Å²) in [5, 5.41) is 12.4. The van der Waals surface area contributed by atoms with E-state index in [1.165, 1.54) is 30.7 Å². The second-order valence-corrected chi connectivity index (χ2v) is 7.92. The van der Waals surface area contributed by atoms with Gasteiger partial charge in [-0.25, -0.2) is 4.39 Å². The number of hydrogen-bond donors (Lipinski definition) is 1. The molecule has 3 aromatic rings. The molecule has 6 nitrogen and oxygen atoms in total. The van der Waals surface area contributed by atoms with Crippen LogP contribution in [0.25, 0.3) is 11.1 Å². The summed E-state index contributed by atoms with van der Waals surface area (Å²) in [5.41, 5.74) is 1.55. The Balaban J connectivity index is 1.69. The minimum Gasteiger partial charge on any atom is -0.496 e. The highest BCUT2D eigenvalue weighted by Crippen LogP contribution is 2.48. The molecule has 144 valence electrons. The smallest absolute Gasteiger partial charge is 0.259 e. The van der Waals surface area contributed by atoms with E-state index in [4.69, 9.17) is 4.74 Å². The van der Waals surface area contributed by atoms with Crippen LogP contribution in [0.15, 0.2) is 30.5 Å². The van der Waals surface area contributed by atoms with Crippen molar-refractivity contribution in [3.8, 4) is 16.9 Å². The molecule has 0 spiro atoms. The number of nitrogens with one attached hydrogen (secondary N) is 1. The molecule has 1 amide bonds. The number of pyridine rings is 1. The summed E-state index contributed by atoms with van der Waals surface area (Å²) in [6.07, 6.45) is 2.54. The fourth-order valence-electron chi connectivity index (χ4n) is 3.15. The Labute approximate surface area is 165 Å². The van der Waals surface area contributed by atoms with Gasteiger partial charge in [-0.1, -0.05) is 24.3 Å². The molecule has 8 heteroatoms. The van der Waals surface area contributed by atoms with Gasteiger partial charge in [-0.2, -0.15) is 0 Å². The molecule has 1 N–H and O–H groups in total. The van der Waals surface area contributed by atoms with Crippen molar-refractivity contribution in [3.05, 3.63) is 52.5 Å². The summed E-state index contributed by atoms with van der Waals surface area (Å²) < 4.78 is 19.9. The molecule has 4 rings (SSSR count). The third-order valence-electron chi connectivity index (χ3n) is 4.84. The number of carbonyl (C=O) groups excluding carboxylic acids is 1. The van der Waals surface area contributed by atoms with Crippen molar-refractivity contribution in [1.29, 1.82) is 0 Å². The molecule has 2 atom stereocenters. The molecule has 1 aromatic carbocycles. The van der Waals surface area contributed by atoms with E-state index in [1.54, 1.807) is 25.1 Å². The van der Waals surface area contributed by atoms with E-state index >= 15 is 0 Å². The van der Waals surface area contributed by atoms with E-state index < -0.39 is 11.7 Å². The van der Waals surface area contributed by atoms with Crippen LogP contribution < -0.4 is 10.1 Å². The standard InChI is InChI=1S/C20H19FN4O2S/c1-10-7-12(10)19-24-25-20(28-19)23-18(26)14-9-22-11(2)8-13(14)17-15(21)5-4-6-16(17)27-3/h4-6,8-10,12H,7H2,1-3H3,(H,23,25,26)/t10-,12-/m0/s1. The quantitative estimate of drug-likeness (QED) is 0.688. The molecule has 0 saturated heterocycles. The van der Waals surface area contributed by atoms with Crippen molar-refractivity contribution >= 4 is 22.4 Å². The summed E-state index contributed by atoms with van der Waals surface area (Å²) in [7, 11) is 1.47. The zero-order valence-corrected chi connectivity index (χ0v) is 16.5. The second-order valence-electron chi connectivity index (χ2n) is 6.91. The van der Waals surface area contributed by atoms with Crippen molar-refractivity contribution in [3.63, 3.8) is 0 Å². The largest absolute Gasteiger partial charge is 0.496 e. The van der Waals surface area contributed by atoms with Gasteiger partial charge in [0.05, 0.1) is 18.2 Å². The van der Waals surface area contributed by atoms with Gasteiger partial charge in [0.1, 0.15) is 16.6 Å². The van der Waals surface area contributed by atoms with Gasteiger partial charge in [0, 0.05) is 23.4 Å². The average molecular weight is 398 g/mol. The Kier molecular flexibility index (Phi) is 4.80. The lowest BCUT2D eigenvalue weighted by Gasteiger charge is -2.14. The number of aromatic nitrogens is 3. The number of carbonyl (C=O) groups is 1. The zero-order valence-electron chi connectivity index (χ0n) is 15.7. The lowest BCUT2D eigenvalue weighted by Crippen LogP contribution is -2.14. The Morgan fingerprint density at radius 3 is 2.86 bits per heavy atom. The predicted octanol–water partition coefficient (Wildman–Crippen LogP) is 4.43. The number of ether oxygens (including phenoxy) is 1. The van der Waals surface area contributed by atoms with Crippen LogP contribution in [0.4, 0.5) is 9.52 Å². The predicted molar refractivity (Wildman–Crippen MR) is 105 cm³/mol. The summed E-state index contributed by atoms with van der Waals surface area (Å²) in [4.78, 5) is 17.1. The van der Waals surface area contributed by atoms with Gasteiger partial charge in [0.15, 0.2) is 0 Å². The molecule has 0 radical (unpaired) electrons. The summed E-state index contributed by atoms with van der Waals surface area (Å²) in [6.45, 7) is 3.95. The first kappa shape index (κ1) is 18.5. The highest BCUT2D eigenvalue weighted by Gasteiger charge is 2.37. The molecular formula is C20H19FN4O2S. The first-order valence-electron chi connectivity index (χ1n) is 8.92. The lowest BCUT2D eigenvalue weighted by molar-refractivity contribution is 0.102. The van der Waals surface area contributed by atoms with Crippen LogP contribution >= 0.6 is 11.3 Å². The number of halogens is 1. The summed E-state index contributed by atoms with van der Waals surface area (Å²) >= 11 is 1.37. The summed E-state index contributed by atoms with van der Waals surface area (Å²) in [5.74, 6) is 0.500. The maximum atomic E-state index is 14.6. The number of amides is 1. The molecule has 28 heavy (non-hydrogen) atoms. The van der Waals surface area contributed by atoms with Gasteiger partial charge in [-0.05, 0) is 37.5 Å². The van der Waals surface area contributed by atoms with Gasteiger partial charge in [0.25, 0.3) is 5.91 Å². The van der Waals surface area contributed by atoms with Crippen molar-refractivity contribution in [1.82, 2.24) is 15.2 Å². The number of anilines is 1. The first-order chi connectivity index (χ1) is 13.5. The van der Waals surface area contributed by atoms with Crippen molar-refractivity contribution in [2.45, 2.75) is 26.2 Å². The number of aryl methyl sites for hydroxylation is 1. The lowest BCUT2D eigenvalue weighted by atomic mass is 9.98. The Morgan fingerprint density at radius 1 is 1.36 bits per heavy atom. The van der Waals surface area contributed by atoms with E-state index in [9.17, 15) is 9.18 Å². The average Bonchev–Trinajstić information content (AvgIpc) is 3.22. The first-order valence-corrected chi connectivity index (χ1v) is 9.74. The fraction of sp³-hybridized carbons (Fsp3) is 0.300. The third-order valence-corrected chi connectivity index (χ3v) is 5.81. The second kappa shape index (κ2) is 7.27. The number of nitrogens with zero attached hydrogens (tertiary/aromatic N) is 3. The Morgan fingerprint density at radius 2 is 2.14 bits per heavy atom. The Bertz CT molecular complexity index is 1050. The van der Waals surface area contributed by atoms with E-state index in [0.29, 0.717) is 34.0 Å². The van der Waals surface area contributed by atoms with E-state index in [-0.39, 0.29) is 11.1 Å². The molecule has 1 aliphatic carbocycles. The van der Waals surface area contributed by atoms with Crippen LogP contribution in [0.1, 0.15) is 40.3 Å². The van der Waals surface area contributed by atoms with Crippen LogP contribution in [0.3, 0.4) is 0 Å². The highest BCUT2D eigenvalue weighted by atomic mass is 32.1. The molecule has 0 bridgehead atoms. The van der Waals surface area contributed by atoms with Gasteiger partial charge in [-0.3, -0.25) is 15.1 Å². The van der Waals surface area contributed by atoms with E-state index in [1.807, 2.05) is 0 Å². The minimum absolute atomic E-state index is 0.227. The number of hydrogen-bond acceptors (Lipinski definition) is 6. The number of methoxy groups -OCH3 is 1. The topological polar surface area (TPSA) is 77.0 Å². The van der Waals surface area contributed by atoms with Crippen LogP contribution in [0, 0.1) is 18.7 Å². The van der Waals surface area contributed by atoms with Gasteiger partial charge in [0.2, 0.25) is 5.13 Å². The molecule has 1 fully saturated rings. The number of rotatable bonds is 5. The van der Waals surface area contributed by atoms with E-state index in [0.717, 1.165) is 11.4 Å². The normalized spacial score (nSPS) is 18.0. The van der Waals surface area contributed by atoms with Crippen molar-refractivity contribution in [2.75, 3.05) is 12.4 Å². The fourth-order valence-corrected chi connectivity index (χ4v) is 4.13. The van der Waals surface area contributed by atoms with Gasteiger partial charge >= 0.3 is 0 Å². The zero-order chi connectivity index (χ0) is 19.8. The monoisotopic (exact) mass is 398 g/mol. The van der Waals surface area contributed by atoms with Crippen LogP contribution in [-0.2, 0) is 0 Å².